The predicted molar refractivity (Wildman–Crippen MR) is 85.7 cm³/mol. The van der Waals surface area contributed by atoms with Gasteiger partial charge in [0.15, 0.2) is 0 Å². The Kier molecular flexibility index (Phi) is 3.85. The monoisotopic (exact) mass is 329 g/mol. The van der Waals surface area contributed by atoms with E-state index in [1.807, 2.05) is 6.20 Å². The van der Waals surface area contributed by atoms with E-state index in [4.69, 9.17) is 5.73 Å². The molecule has 3 aromatic rings. The molecule has 3 rings (SSSR count). The maximum atomic E-state index is 5.64. The summed E-state index contributed by atoms with van der Waals surface area (Å²) in [4.78, 5) is 4.22. The molecule has 0 spiro atoms. The molecular formula is C16H16BrN3. The first-order chi connectivity index (χ1) is 9.76. The molecule has 0 aliphatic carbocycles. The molecule has 2 heterocycles. The third-order valence-electron chi connectivity index (χ3n) is 3.39. The Bertz CT molecular complexity index is 733. The highest BCUT2D eigenvalue weighted by Gasteiger charge is 2.04. The average Bonchev–Trinajstić information content (AvgIpc) is 2.82. The van der Waals surface area contributed by atoms with Crippen LogP contribution in [-0.2, 0) is 13.0 Å². The van der Waals surface area contributed by atoms with Crippen molar-refractivity contribution in [3.63, 3.8) is 0 Å². The van der Waals surface area contributed by atoms with Crippen LogP contribution < -0.4 is 5.73 Å². The van der Waals surface area contributed by atoms with Gasteiger partial charge in [-0.15, -0.1) is 0 Å². The molecule has 102 valence electrons. The fourth-order valence-corrected chi connectivity index (χ4v) is 2.84. The topological polar surface area (TPSA) is 43.8 Å². The Morgan fingerprint density at radius 3 is 2.80 bits per heavy atom. The molecular weight excluding hydrogens is 314 g/mol. The first-order valence-corrected chi connectivity index (χ1v) is 7.43. The summed E-state index contributed by atoms with van der Waals surface area (Å²) in [6.45, 7) is 1.50. The highest BCUT2D eigenvalue weighted by Crippen LogP contribution is 2.20. The van der Waals surface area contributed by atoms with E-state index >= 15 is 0 Å². The van der Waals surface area contributed by atoms with E-state index in [1.165, 1.54) is 22.0 Å². The number of rotatable bonds is 4. The lowest BCUT2D eigenvalue weighted by Gasteiger charge is -2.07. The Morgan fingerprint density at radius 2 is 2.00 bits per heavy atom. The van der Waals surface area contributed by atoms with E-state index in [2.05, 4.69) is 62.0 Å². The van der Waals surface area contributed by atoms with Crippen molar-refractivity contribution >= 4 is 26.8 Å². The van der Waals surface area contributed by atoms with Gasteiger partial charge in [0.1, 0.15) is 0 Å². The fourth-order valence-electron chi connectivity index (χ4n) is 2.43. The van der Waals surface area contributed by atoms with Gasteiger partial charge in [-0.05, 0) is 63.6 Å². The summed E-state index contributed by atoms with van der Waals surface area (Å²) in [5.41, 5.74) is 9.35. The van der Waals surface area contributed by atoms with E-state index in [1.54, 1.807) is 6.20 Å². The zero-order valence-corrected chi connectivity index (χ0v) is 12.7. The van der Waals surface area contributed by atoms with Crippen molar-refractivity contribution in [2.75, 3.05) is 6.54 Å². The van der Waals surface area contributed by atoms with Crippen LogP contribution in [0.25, 0.3) is 10.9 Å². The van der Waals surface area contributed by atoms with Crippen LogP contribution in [0.1, 0.15) is 11.1 Å². The molecule has 0 bridgehead atoms. The number of nitrogens with two attached hydrogens (primary N) is 1. The number of pyridine rings is 1. The summed E-state index contributed by atoms with van der Waals surface area (Å²) in [7, 11) is 0. The number of benzene rings is 1. The summed E-state index contributed by atoms with van der Waals surface area (Å²) < 4.78 is 3.26. The molecule has 0 fully saturated rings. The average molecular weight is 330 g/mol. The SMILES string of the molecule is NCCc1ccc2ccn(Cc3cncc(Br)c3)c2c1. The van der Waals surface area contributed by atoms with Crippen molar-refractivity contribution in [1.82, 2.24) is 9.55 Å². The number of hydrogen-bond acceptors (Lipinski definition) is 2. The molecule has 0 aliphatic rings. The highest BCUT2D eigenvalue weighted by atomic mass is 79.9. The fraction of sp³-hybridized carbons (Fsp3) is 0.188. The van der Waals surface area contributed by atoms with Crippen LogP contribution in [0.15, 0.2) is 53.4 Å². The van der Waals surface area contributed by atoms with Crippen LogP contribution in [0.3, 0.4) is 0 Å². The number of halogens is 1. The van der Waals surface area contributed by atoms with Crippen LogP contribution in [0.4, 0.5) is 0 Å². The standard InChI is InChI=1S/C16H16BrN3/c17-15-7-13(9-19-10-15)11-20-6-4-14-2-1-12(3-5-18)8-16(14)20/h1-2,4,6-10H,3,5,11,18H2. The molecule has 0 atom stereocenters. The van der Waals surface area contributed by atoms with Crippen molar-refractivity contribution in [3.05, 3.63) is 64.5 Å². The van der Waals surface area contributed by atoms with Gasteiger partial charge in [0.05, 0.1) is 0 Å². The van der Waals surface area contributed by atoms with Crippen LogP contribution in [-0.4, -0.2) is 16.1 Å². The maximum Gasteiger partial charge on any atom is 0.0491 e. The van der Waals surface area contributed by atoms with Crippen molar-refractivity contribution < 1.29 is 0 Å². The minimum atomic E-state index is 0.682. The van der Waals surface area contributed by atoms with Crippen molar-refractivity contribution in [2.24, 2.45) is 5.73 Å². The van der Waals surface area contributed by atoms with Gasteiger partial charge in [-0.2, -0.15) is 0 Å². The van der Waals surface area contributed by atoms with Gasteiger partial charge in [0.2, 0.25) is 0 Å². The van der Waals surface area contributed by atoms with Crippen LogP contribution >= 0.6 is 15.9 Å². The van der Waals surface area contributed by atoms with Crippen LogP contribution in [0, 0.1) is 0 Å². The van der Waals surface area contributed by atoms with Crippen molar-refractivity contribution in [1.29, 1.82) is 0 Å². The molecule has 3 nitrogen and oxygen atoms in total. The van der Waals surface area contributed by atoms with Gasteiger partial charge in [-0.3, -0.25) is 4.98 Å². The molecule has 0 aliphatic heterocycles. The van der Waals surface area contributed by atoms with Gasteiger partial charge in [-0.25, -0.2) is 0 Å². The normalized spacial score (nSPS) is 11.1. The lowest BCUT2D eigenvalue weighted by Crippen LogP contribution is -2.03. The van der Waals surface area contributed by atoms with E-state index in [-0.39, 0.29) is 0 Å². The van der Waals surface area contributed by atoms with Gasteiger partial charge < -0.3 is 10.3 Å². The first kappa shape index (κ1) is 13.3. The second-order valence-electron chi connectivity index (χ2n) is 4.89. The summed E-state index contributed by atoms with van der Waals surface area (Å²) in [6, 6.07) is 10.8. The minimum Gasteiger partial charge on any atom is -0.343 e. The Hall–Kier alpha value is -1.65. The van der Waals surface area contributed by atoms with E-state index in [9.17, 15) is 0 Å². The van der Waals surface area contributed by atoms with Gasteiger partial charge in [0.25, 0.3) is 0 Å². The molecule has 1 aromatic carbocycles. The zero-order chi connectivity index (χ0) is 13.9. The molecule has 0 radical (unpaired) electrons. The van der Waals surface area contributed by atoms with Crippen molar-refractivity contribution in [3.8, 4) is 0 Å². The van der Waals surface area contributed by atoms with Gasteiger partial charge in [-0.1, -0.05) is 12.1 Å². The van der Waals surface area contributed by atoms with Gasteiger partial charge in [0, 0.05) is 35.1 Å². The lowest BCUT2D eigenvalue weighted by atomic mass is 10.1. The van der Waals surface area contributed by atoms with Gasteiger partial charge >= 0.3 is 0 Å². The summed E-state index contributed by atoms with van der Waals surface area (Å²) in [6.07, 6.45) is 6.74. The number of hydrogen-bond donors (Lipinski definition) is 1. The Morgan fingerprint density at radius 1 is 1.10 bits per heavy atom. The minimum absolute atomic E-state index is 0.682. The Labute approximate surface area is 126 Å². The molecule has 2 aromatic heterocycles. The second kappa shape index (κ2) is 5.77. The number of fused-ring (bicyclic) bond motifs is 1. The molecule has 2 N–H and O–H groups in total. The van der Waals surface area contributed by atoms with Crippen molar-refractivity contribution in [2.45, 2.75) is 13.0 Å². The molecule has 0 saturated carbocycles. The smallest absolute Gasteiger partial charge is 0.0491 e. The largest absolute Gasteiger partial charge is 0.343 e. The third kappa shape index (κ3) is 2.76. The van der Waals surface area contributed by atoms with E-state index in [0.29, 0.717) is 6.54 Å². The lowest BCUT2D eigenvalue weighted by molar-refractivity contribution is 0.829. The number of aromatic nitrogens is 2. The predicted octanol–water partition coefficient (Wildman–Crippen LogP) is 3.35. The Balaban J connectivity index is 1.96. The zero-order valence-electron chi connectivity index (χ0n) is 11.1. The molecule has 0 unspecified atom stereocenters. The van der Waals surface area contributed by atoms with E-state index < -0.39 is 0 Å². The molecule has 4 heteroatoms. The van der Waals surface area contributed by atoms with E-state index in [0.717, 1.165) is 17.4 Å². The number of nitrogens with zero attached hydrogens (tertiary/aromatic N) is 2. The molecule has 0 saturated heterocycles. The highest BCUT2D eigenvalue weighted by molar-refractivity contribution is 9.10. The quantitative estimate of drug-likeness (QED) is 0.797. The van der Waals surface area contributed by atoms with Crippen LogP contribution in [0.5, 0.6) is 0 Å². The summed E-state index contributed by atoms with van der Waals surface area (Å²) in [5.74, 6) is 0. The first-order valence-electron chi connectivity index (χ1n) is 6.63. The molecule has 20 heavy (non-hydrogen) atoms. The third-order valence-corrected chi connectivity index (χ3v) is 3.82. The van der Waals surface area contributed by atoms with Crippen LogP contribution in [0.2, 0.25) is 0 Å². The summed E-state index contributed by atoms with van der Waals surface area (Å²) in [5, 5.41) is 1.26. The maximum absolute atomic E-state index is 5.64. The summed E-state index contributed by atoms with van der Waals surface area (Å²) >= 11 is 3.46. The second-order valence-corrected chi connectivity index (χ2v) is 5.80. The molecule has 0 amide bonds.